The Hall–Kier alpha value is -1.64. The minimum Gasteiger partial charge on any atom is -0.507 e. The van der Waals surface area contributed by atoms with Gasteiger partial charge in [0, 0.05) is 16.1 Å². The van der Waals surface area contributed by atoms with Crippen molar-refractivity contribution in [2.45, 2.75) is 20.8 Å². The zero-order chi connectivity index (χ0) is 15.3. The summed E-state index contributed by atoms with van der Waals surface area (Å²) in [5, 5.41) is 12.2. The van der Waals surface area contributed by atoms with E-state index in [9.17, 15) is 5.11 Å². The summed E-state index contributed by atoms with van der Waals surface area (Å²) >= 11 is 12.4. The summed E-state index contributed by atoms with van der Waals surface area (Å²) in [6.45, 7) is 5.83. The van der Waals surface area contributed by atoms with Gasteiger partial charge in [-0.15, -0.1) is 0 Å². The second-order valence-electron chi connectivity index (χ2n) is 5.39. The largest absolute Gasteiger partial charge is 0.507 e. The van der Waals surface area contributed by atoms with Gasteiger partial charge in [0.25, 0.3) is 0 Å². The first-order valence-electron chi connectivity index (χ1n) is 6.66. The first kappa shape index (κ1) is 14.3. The van der Waals surface area contributed by atoms with Crippen LogP contribution in [0.25, 0.3) is 22.2 Å². The number of phenols is 1. The Bertz CT molecular complexity index is 842. The fraction of sp³-hybridized carbons (Fsp3) is 0.176. The third kappa shape index (κ3) is 2.29. The number of halogens is 2. The molecule has 0 aliphatic carbocycles. The number of hydrogen-bond donors (Lipinski definition) is 2. The van der Waals surface area contributed by atoms with E-state index in [-0.39, 0.29) is 0 Å². The van der Waals surface area contributed by atoms with Crippen molar-refractivity contribution >= 4 is 34.1 Å². The van der Waals surface area contributed by atoms with Crippen LogP contribution >= 0.6 is 23.2 Å². The number of fused-ring (bicyclic) bond motifs is 1. The van der Waals surface area contributed by atoms with E-state index in [0.29, 0.717) is 15.8 Å². The van der Waals surface area contributed by atoms with Gasteiger partial charge in [0.1, 0.15) is 5.75 Å². The predicted octanol–water partition coefficient (Wildman–Crippen LogP) is 5.77. The number of benzene rings is 2. The number of rotatable bonds is 1. The maximum atomic E-state index is 9.92. The zero-order valence-corrected chi connectivity index (χ0v) is 13.5. The van der Waals surface area contributed by atoms with E-state index in [1.54, 1.807) is 6.07 Å². The van der Waals surface area contributed by atoms with Crippen LogP contribution < -0.4 is 0 Å². The van der Waals surface area contributed by atoms with Crippen molar-refractivity contribution in [1.82, 2.24) is 4.98 Å². The molecule has 0 aliphatic rings. The lowest BCUT2D eigenvalue weighted by Crippen LogP contribution is -1.86. The number of aromatic amines is 1. The molecule has 21 heavy (non-hydrogen) atoms. The molecule has 0 spiro atoms. The van der Waals surface area contributed by atoms with Crippen LogP contribution in [0.1, 0.15) is 16.7 Å². The smallest absolute Gasteiger partial charge is 0.121 e. The molecule has 0 radical (unpaired) electrons. The van der Waals surface area contributed by atoms with Crippen LogP contribution in [0.2, 0.25) is 10.0 Å². The molecule has 0 bridgehead atoms. The maximum Gasteiger partial charge on any atom is 0.121 e. The van der Waals surface area contributed by atoms with E-state index in [1.165, 1.54) is 0 Å². The molecule has 0 saturated carbocycles. The van der Waals surface area contributed by atoms with Crippen molar-refractivity contribution in [1.29, 1.82) is 0 Å². The van der Waals surface area contributed by atoms with Gasteiger partial charge in [-0.2, -0.15) is 0 Å². The second-order valence-corrected chi connectivity index (χ2v) is 6.24. The molecule has 1 aromatic heterocycles. The first-order valence-corrected chi connectivity index (χ1v) is 7.42. The molecule has 0 amide bonds. The van der Waals surface area contributed by atoms with Crippen molar-refractivity contribution in [3.63, 3.8) is 0 Å². The third-order valence-electron chi connectivity index (χ3n) is 3.86. The van der Waals surface area contributed by atoms with Gasteiger partial charge in [-0.25, -0.2) is 0 Å². The fourth-order valence-corrected chi connectivity index (χ4v) is 3.28. The van der Waals surface area contributed by atoms with E-state index in [4.69, 9.17) is 23.2 Å². The Labute approximate surface area is 133 Å². The van der Waals surface area contributed by atoms with Crippen LogP contribution in [0.4, 0.5) is 0 Å². The van der Waals surface area contributed by atoms with Crippen molar-refractivity contribution in [3.05, 3.63) is 51.0 Å². The summed E-state index contributed by atoms with van der Waals surface area (Å²) in [6.07, 6.45) is 0. The van der Waals surface area contributed by atoms with Gasteiger partial charge in [-0.05, 0) is 67.3 Å². The quantitative estimate of drug-likeness (QED) is 0.586. The topological polar surface area (TPSA) is 36.0 Å². The molecule has 0 aliphatic heterocycles. The summed E-state index contributed by atoms with van der Waals surface area (Å²) in [7, 11) is 0. The van der Waals surface area contributed by atoms with Crippen LogP contribution in [0.5, 0.6) is 5.75 Å². The summed E-state index contributed by atoms with van der Waals surface area (Å²) in [4.78, 5) is 3.38. The molecule has 3 rings (SSSR count). The van der Waals surface area contributed by atoms with Crippen molar-refractivity contribution in [2.24, 2.45) is 0 Å². The standard InChI is InChI=1S/C17H15Cl2NO/c1-8-4-11(5-9(2)17(8)21)15-10(3)13-6-12(18)7-14(19)16(13)20-15/h4-7,20-21H,1-3H3. The Balaban J connectivity index is 2.31. The highest BCUT2D eigenvalue weighted by Crippen LogP contribution is 2.37. The van der Waals surface area contributed by atoms with Crippen LogP contribution in [-0.4, -0.2) is 10.1 Å². The molecule has 3 aromatic rings. The molecular formula is C17H15Cl2NO. The van der Waals surface area contributed by atoms with E-state index in [1.807, 2.05) is 39.0 Å². The number of phenolic OH excluding ortho intramolecular Hbond substituents is 1. The monoisotopic (exact) mass is 319 g/mol. The summed E-state index contributed by atoms with van der Waals surface area (Å²) < 4.78 is 0. The van der Waals surface area contributed by atoms with Crippen molar-refractivity contribution in [3.8, 4) is 17.0 Å². The lowest BCUT2D eigenvalue weighted by Gasteiger charge is -2.07. The molecule has 2 nitrogen and oxygen atoms in total. The van der Waals surface area contributed by atoms with Crippen LogP contribution in [0.3, 0.4) is 0 Å². The predicted molar refractivity (Wildman–Crippen MR) is 89.6 cm³/mol. The molecule has 108 valence electrons. The number of aryl methyl sites for hydroxylation is 3. The highest BCUT2D eigenvalue weighted by molar-refractivity contribution is 6.38. The molecule has 0 unspecified atom stereocenters. The van der Waals surface area contributed by atoms with Gasteiger partial charge in [-0.1, -0.05) is 23.2 Å². The van der Waals surface area contributed by atoms with Gasteiger partial charge in [0.2, 0.25) is 0 Å². The minimum absolute atomic E-state index is 0.341. The molecule has 0 atom stereocenters. The Morgan fingerprint density at radius 1 is 0.952 bits per heavy atom. The van der Waals surface area contributed by atoms with Gasteiger partial charge in [0.05, 0.1) is 10.5 Å². The molecule has 0 fully saturated rings. The SMILES string of the molecule is Cc1cc(-c2[nH]c3c(Cl)cc(Cl)cc3c2C)cc(C)c1O. The average molecular weight is 320 g/mol. The minimum atomic E-state index is 0.341. The fourth-order valence-electron chi connectivity index (χ4n) is 2.74. The number of aromatic hydroxyl groups is 1. The molecule has 2 N–H and O–H groups in total. The number of H-pyrrole nitrogens is 1. The summed E-state index contributed by atoms with van der Waals surface area (Å²) in [6, 6.07) is 7.59. The lowest BCUT2D eigenvalue weighted by atomic mass is 10.0. The van der Waals surface area contributed by atoms with E-state index in [2.05, 4.69) is 4.98 Å². The van der Waals surface area contributed by atoms with Gasteiger partial charge in [0.15, 0.2) is 0 Å². The first-order chi connectivity index (χ1) is 9.88. The van der Waals surface area contributed by atoms with Gasteiger partial charge < -0.3 is 10.1 Å². The lowest BCUT2D eigenvalue weighted by molar-refractivity contribution is 0.467. The number of nitrogens with one attached hydrogen (secondary N) is 1. The van der Waals surface area contributed by atoms with Crippen molar-refractivity contribution < 1.29 is 5.11 Å². The Morgan fingerprint density at radius 2 is 1.57 bits per heavy atom. The maximum absolute atomic E-state index is 9.92. The van der Waals surface area contributed by atoms with Gasteiger partial charge in [-0.3, -0.25) is 0 Å². The third-order valence-corrected chi connectivity index (χ3v) is 4.38. The molecule has 2 aromatic carbocycles. The molecular weight excluding hydrogens is 305 g/mol. The second kappa shape index (κ2) is 4.97. The van der Waals surface area contributed by atoms with E-state index >= 15 is 0 Å². The Morgan fingerprint density at radius 3 is 2.19 bits per heavy atom. The number of hydrogen-bond acceptors (Lipinski definition) is 1. The molecule has 1 heterocycles. The Kier molecular flexibility index (Phi) is 3.39. The van der Waals surface area contributed by atoms with Crippen LogP contribution in [0.15, 0.2) is 24.3 Å². The normalized spacial score (nSPS) is 11.3. The average Bonchev–Trinajstić information content (AvgIpc) is 2.74. The highest BCUT2D eigenvalue weighted by atomic mass is 35.5. The number of aromatic nitrogens is 1. The zero-order valence-electron chi connectivity index (χ0n) is 12.0. The summed E-state index contributed by atoms with van der Waals surface area (Å²) in [5.74, 6) is 0.341. The summed E-state index contributed by atoms with van der Waals surface area (Å²) in [5.41, 5.74) is 5.72. The molecule has 0 saturated heterocycles. The van der Waals surface area contributed by atoms with Crippen LogP contribution in [0, 0.1) is 20.8 Å². The van der Waals surface area contributed by atoms with E-state index in [0.717, 1.165) is 38.9 Å². The molecule has 4 heteroatoms. The van der Waals surface area contributed by atoms with Crippen molar-refractivity contribution in [2.75, 3.05) is 0 Å². The van der Waals surface area contributed by atoms with E-state index < -0.39 is 0 Å². The highest BCUT2D eigenvalue weighted by Gasteiger charge is 2.14. The van der Waals surface area contributed by atoms with Gasteiger partial charge >= 0.3 is 0 Å². The van der Waals surface area contributed by atoms with Crippen LogP contribution in [-0.2, 0) is 0 Å².